The van der Waals surface area contributed by atoms with Crippen LogP contribution >= 0.6 is 0 Å². The van der Waals surface area contributed by atoms with E-state index in [0.29, 0.717) is 0 Å². The number of carboxylic acid groups (broad SMARTS) is 1. The molecule has 0 heterocycles. The van der Waals surface area contributed by atoms with E-state index in [-0.39, 0.29) is 17.4 Å². The lowest BCUT2D eigenvalue weighted by atomic mass is 10.0. The Kier molecular flexibility index (Phi) is 7.43. The molecule has 0 saturated carbocycles. The Morgan fingerprint density at radius 2 is 1.82 bits per heavy atom. The predicted molar refractivity (Wildman–Crippen MR) is 68.8 cm³/mol. The topological polar surface area (TPSA) is 71.4 Å². The van der Waals surface area contributed by atoms with E-state index in [1.54, 1.807) is 0 Å². The number of carboxylic acids is 1. The van der Waals surface area contributed by atoms with Crippen molar-refractivity contribution >= 4 is 15.8 Å². The van der Waals surface area contributed by atoms with Crippen LogP contribution in [0.3, 0.4) is 0 Å². The van der Waals surface area contributed by atoms with Gasteiger partial charge in [0, 0.05) is 0 Å². The van der Waals surface area contributed by atoms with Gasteiger partial charge in [0.1, 0.15) is 0 Å². The van der Waals surface area contributed by atoms with Gasteiger partial charge in [0.05, 0.1) is 17.4 Å². The second kappa shape index (κ2) is 7.69. The van der Waals surface area contributed by atoms with Crippen LogP contribution in [0.25, 0.3) is 0 Å². The number of aliphatic carboxylic acids is 1. The summed E-state index contributed by atoms with van der Waals surface area (Å²) in [6.07, 6.45) is 3.83. The number of rotatable bonds is 9. The van der Waals surface area contributed by atoms with E-state index in [9.17, 15) is 13.2 Å². The molecule has 1 N–H and O–H groups in total. The Balaban J connectivity index is 4.36. The van der Waals surface area contributed by atoms with E-state index in [0.717, 1.165) is 25.7 Å². The van der Waals surface area contributed by atoms with Crippen LogP contribution in [0.4, 0.5) is 0 Å². The molecule has 0 spiro atoms. The number of hydrogen-bond acceptors (Lipinski definition) is 3. The van der Waals surface area contributed by atoms with Gasteiger partial charge in [-0.05, 0) is 12.3 Å². The van der Waals surface area contributed by atoms with E-state index in [1.807, 2.05) is 6.92 Å². The predicted octanol–water partition coefficient (Wildman–Crippen LogP) is 2.34. The van der Waals surface area contributed by atoms with Crippen molar-refractivity contribution in [2.24, 2.45) is 11.8 Å². The van der Waals surface area contributed by atoms with Crippen molar-refractivity contribution in [3.8, 4) is 0 Å². The van der Waals surface area contributed by atoms with E-state index in [4.69, 9.17) is 5.11 Å². The van der Waals surface area contributed by atoms with Crippen LogP contribution in [0.1, 0.15) is 46.5 Å². The van der Waals surface area contributed by atoms with Gasteiger partial charge < -0.3 is 5.11 Å². The fraction of sp³-hybridized carbons (Fsp3) is 0.917. The lowest BCUT2D eigenvalue weighted by Crippen LogP contribution is -2.26. The first kappa shape index (κ1) is 16.4. The minimum Gasteiger partial charge on any atom is -0.481 e. The van der Waals surface area contributed by atoms with Gasteiger partial charge in [-0.3, -0.25) is 4.79 Å². The Morgan fingerprint density at radius 1 is 1.24 bits per heavy atom. The third kappa shape index (κ3) is 7.36. The molecule has 0 amide bonds. The van der Waals surface area contributed by atoms with E-state index in [2.05, 4.69) is 6.92 Å². The van der Waals surface area contributed by atoms with E-state index in [1.165, 1.54) is 6.92 Å². The van der Waals surface area contributed by atoms with Crippen molar-refractivity contribution in [2.45, 2.75) is 46.5 Å². The number of hydrogen-bond donors (Lipinski definition) is 1. The van der Waals surface area contributed by atoms with Crippen LogP contribution in [-0.2, 0) is 14.6 Å². The highest BCUT2D eigenvalue weighted by Gasteiger charge is 2.23. The first-order valence-corrected chi connectivity index (χ1v) is 8.07. The normalized spacial score (nSPS) is 15.5. The van der Waals surface area contributed by atoms with Crippen LogP contribution in [0.2, 0.25) is 0 Å². The molecule has 2 unspecified atom stereocenters. The zero-order valence-corrected chi connectivity index (χ0v) is 11.8. The van der Waals surface area contributed by atoms with Crippen molar-refractivity contribution in [3.05, 3.63) is 0 Å². The molecule has 0 saturated heterocycles. The van der Waals surface area contributed by atoms with Crippen molar-refractivity contribution in [3.63, 3.8) is 0 Å². The molecule has 0 aliphatic heterocycles. The summed E-state index contributed by atoms with van der Waals surface area (Å²) < 4.78 is 23.6. The van der Waals surface area contributed by atoms with Crippen molar-refractivity contribution in [2.75, 3.05) is 11.5 Å². The van der Waals surface area contributed by atoms with Gasteiger partial charge in [0.25, 0.3) is 0 Å². The van der Waals surface area contributed by atoms with Crippen molar-refractivity contribution < 1.29 is 18.3 Å². The fourth-order valence-corrected chi connectivity index (χ4v) is 3.94. The maximum absolute atomic E-state index is 11.8. The summed E-state index contributed by atoms with van der Waals surface area (Å²) in [6, 6.07) is 0. The second-order valence-electron chi connectivity index (χ2n) is 4.73. The van der Waals surface area contributed by atoms with E-state index >= 15 is 0 Å². The average Bonchev–Trinajstić information content (AvgIpc) is 2.23. The zero-order valence-electron chi connectivity index (χ0n) is 11.0. The Morgan fingerprint density at radius 3 is 2.24 bits per heavy atom. The summed E-state index contributed by atoms with van der Waals surface area (Å²) in [5.41, 5.74) is 0. The van der Waals surface area contributed by atoms with Crippen LogP contribution in [0, 0.1) is 11.8 Å². The lowest BCUT2D eigenvalue weighted by Gasteiger charge is -2.15. The van der Waals surface area contributed by atoms with Crippen LogP contribution in [0.15, 0.2) is 0 Å². The molecule has 5 heteroatoms. The number of carbonyl (C=O) groups is 1. The third-order valence-corrected chi connectivity index (χ3v) is 4.95. The zero-order chi connectivity index (χ0) is 13.5. The molecule has 0 aliphatic rings. The molecular formula is C12H24O4S. The van der Waals surface area contributed by atoms with Crippen molar-refractivity contribution in [1.82, 2.24) is 0 Å². The monoisotopic (exact) mass is 264 g/mol. The molecule has 2 atom stereocenters. The lowest BCUT2D eigenvalue weighted by molar-refractivity contribution is -0.140. The summed E-state index contributed by atoms with van der Waals surface area (Å²) in [5, 5.41) is 8.71. The largest absolute Gasteiger partial charge is 0.481 e. The molecule has 102 valence electrons. The highest BCUT2D eigenvalue weighted by Crippen LogP contribution is 2.16. The van der Waals surface area contributed by atoms with Crippen LogP contribution in [-0.4, -0.2) is 31.0 Å². The summed E-state index contributed by atoms with van der Waals surface area (Å²) in [6.45, 7) is 5.50. The summed E-state index contributed by atoms with van der Waals surface area (Å²) >= 11 is 0. The van der Waals surface area contributed by atoms with Gasteiger partial charge in [-0.1, -0.05) is 40.0 Å². The molecule has 0 aromatic rings. The highest BCUT2D eigenvalue weighted by molar-refractivity contribution is 7.91. The molecular weight excluding hydrogens is 240 g/mol. The average molecular weight is 264 g/mol. The van der Waals surface area contributed by atoms with Gasteiger partial charge in [0.15, 0.2) is 9.84 Å². The van der Waals surface area contributed by atoms with Gasteiger partial charge in [0.2, 0.25) is 0 Å². The first-order chi connectivity index (χ1) is 7.82. The SMILES string of the molecule is CCCCC(CC)CS(=O)(=O)CC(C)C(=O)O. The molecule has 0 fully saturated rings. The molecule has 17 heavy (non-hydrogen) atoms. The third-order valence-electron chi connectivity index (χ3n) is 2.96. The second-order valence-corrected chi connectivity index (χ2v) is 6.89. The molecule has 0 rings (SSSR count). The Labute approximate surface area is 104 Å². The van der Waals surface area contributed by atoms with Crippen molar-refractivity contribution in [1.29, 1.82) is 0 Å². The van der Waals surface area contributed by atoms with Gasteiger partial charge in [-0.15, -0.1) is 0 Å². The maximum atomic E-state index is 11.8. The molecule has 4 nitrogen and oxygen atoms in total. The Hall–Kier alpha value is -0.580. The standard InChI is InChI=1S/C12H24O4S/c1-4-6-7-11(5-2)9-17(15,16)8-10(3)12(13)14/h10-11H,4-9H2,1-3H3,(H,13,14). The molecule has 0 aliphatic carbocycles. The first-order valence-electron chi connectivity index (χ1n) is 6.25. The summed E-state index contributed by atoms with van der Waals surface area (Å²) in [7, 11) is -3.25. The van der Waals surface area contributed by atoms with Gasteiger partial charge in [-0.25, -0.2) is 8.42 Å². The summed E-state index contributed by atoms with van der Waals surface area (Å²) in [4.78, 5) is 10.6. The highest BCUT2D eigenvalue weighted by atomic mass is 32.2. The molecule has 0 radical (unpaired) electrons. The number of sulfone groups is 1. The maximum Gasteiger partial charge on any atom is 0.307 e. The number of unbranched alkanes of at least 4 members (excludes halogenated alkanes) is 1. The summed E-state index contributed by atoms with van der Waals surface area (Å²) in [5.74, 6) is -1.81. The van der Waals surface area contributed by atoms with Crippen LogP contribution in [0.5, 0.6) is 0 Å². The molecule has 0 aromatic heterocycles. The molecule has 0 aromatic carbocycles. The minimum atomic E-state index is -3.25. The molecule has 0 bridgehead atoms. The van der Waals surface area contributed by atoms with Gasteiger partial charge in [-0.2, -0.15) is 0 Å². The minimum absolute atomic E-state index is 0.126. The quantitative estimate of drug-likeness (QED) is 0.694. The smallest absolute Gasteiger partial charge is 0.307 e. The van der Waals surface area contributed by atoms with E-state index < -0.39 is 21.7 Å². The van der Waals surface area contributed by atoms with Gasteiger partial charge >= 0.3 is 5.97 Å². The fourth-order valence-electron chi connectivity index (χ4n) is 1.78. The Bertz CT molecular complexity index is 321. The van der Waals surface area contributed by atoms with Crippen LogP contribution < -0.4 is 0 Å².